The first-order valence-corrected chi connectivity index (χ1v) is 11.2. The first kappa shape index (κ1) is 25.7. The molecule has 0 atom stereocenters. The number of nitrogens with one attached hydrogen (secondary N) is 1. The zero-order chi connectivity index (χ0) is 22.5. The molecule has 0 heterocycles. The van der Waals surface area contributed by atoms with E-state index in [9.17, 15) is 4.79 Å². The molecule has 0 saturated heterocycles. The second kappa shape index (κ2) is 13.8. The lowest BCUT2D eigenvalue weighted by molar-refractivity contribution is -0.112. The molecule has 0 aromatic heterocycles. The number of carbonyl (C=O) groups excluding carboxylic acids is 1. The highest BCUT2D eigenvalue weighted by Crippen LogP contribution is 2.20. The van der Waals surface area contributed by atoms with E-state index in [0.29, 0.717) is 0 Å². The first-order chi connectivity index (χ1) is 14.2. The van der Waals surface area contributed by atoms with Gasteiger partial charge in [-0.25, -0.2) is 0 Å². The van der Waals surface area contributed by atoms with Gasteiger partial charge in [0.05, 0.1) is 0 Å². The molecule has 2 nitrogen and oxygen atoms in total. The number of benzene rings is 1. The van der Waals surface area contributed by atoms with Crippen molar-refractivity contribution in [3.8, 4) is 0 Å². The van der Waals surface area contributed by atoms with Crippen molar-refractivity contribution < 1.29 is 4.79 Å². The van der Waals surface area contributed by atoms with Crippen molar-refractivity contribution in [2.45, 2.75) is 87.0 Å². The maximum atomic E-state index is 12.3. The van der Waals surface area contributed by atoms with E-state index in [0.717, 1.165) is 60.9 Å². The summed E-state index contributed by atoms with van der Waals surface area (Å²) in [5.41, 5.74) is 8.52. The van der Waals surface area contributed by atoms with Crippen molar-refractivity contribution in [2.24, 2.45) is 0 Å². The number of hydrogen-bond acceptors (Lipinski definition) is 1. The van der Waals surface area contributed by atoms with Crippen LogP contribution in [0.2, 0.25) is 0 Å². The Hall–Kier alpha value is -2.35. The topological polar surface area (TPSA) is 29.1 Å². The lowest BCUT2D eigenvalue weighted by Gasteiger charge is -2.10. The molecule has 30 heavy (non-hydrogen) atoms. The zero-order valence-corrected chi connectivity index (χ0v) is 20.2. The van der Waals surface area contributed by atoms with Gasteiger partial charge in [0, 0.05) is 11.8 Å². The van der Waals surface area contributed by atoms with Crippen LogP contribution in [0.1, 0.15) is 84.3 Å². The molecule has 1 aromatic rings. The molecule has 0 aliphatic carbocycles. The summed E-state index contributed by atoms with van der Waals surface area (Å²) in [6.45, 7) is 14.8. The van der Waals surface area contributed by atoms with Crippen molar-refractivity contribution in [1.29, 1.82) is 0 Å². The molecular weight excluding hydrogens is 366 g/mol. The van der Waals surface area contributed by atoms with E-state index in [4.69, 9.17) is 0 Å². The van der Waals surface area contributed by atoms with Crippen molar-refractivity contribution in [3.05, 3.63) is 75.9 Å². The molecule has 1 aromatic carbocycles. The summed E-state index contributed by atoms with van der Waals surface area (Å²) in [5, 5.41) is 3.03. The molecule has 1 amide bonds. The fourth-order valence-electron chi connectivity index (χ4n) is 3.35. The predicted molar refractivity (Wildman–Crippen MR) is 133 cm³/mol. The van der Waals surface area contributed by atoms with Gasteiger partial charge in [-0.1, -0.05) is 58.7 Å². The van der Waals surface area contributed by atoms with Crippen molar-refractivity contribution >= 4 is 11.6 Å². The van der Waals surface area contributed by atoms with E-state index in [1.165, 1.54) is 16.7 Å². The van der Waals surface area contributed by atoms with Gasteiger partial charge < -0.3 is 5.32 Å². The molecule has 0 bridgehead atoms. The van der Waals surface area contributed by atoms with E-state index in [2.05, 4.69) is 51.2 Å². The third-order valence-corrected chi connectivity index (χ3v) is 5.26. The highest BCUT2D eigenvalue weighted by Gasteiger charge is 2.05. The molecule has 164 valence electrons. The van der Waals surface area contributed by atoms with Crippen LogP contribution in [0.3, 0.4) is 0 Å². The van der Waals surface area contributed by atoms with Crippen LogP contribution >= 0.6 is 0 Å². The van der Waals surface area contributed by atoms with Crippen molar-refractivity contribution in [1.82, 2.24) is 0 Å². The largest absolute Gasteiger partial charge is 0.322 e. The van der Waals surface area contributed by atoms with Crippen LogP contribution in [-0.2, 0) is 4.79 Å². The second-order valence-corrected chi connectivity index (χ2v) is 8.75. The number of carbonyl (C=O) groups is 1. The Bertz CT molecular complexity index is 797. The summed E-state index contributed by atoms with van der Waals surface area (Å²) >= 11 is 0. The van der Waals surface area contributed by atoms with Gasteiger partial charge in [0.25, 0.3) is 0 Å². The first-order valence-electron chi connectivity index (χ1n) is 11.2. The molecule has 1 N–H and O–H groups in total. The maximum Gasteiger partial charge on any atom is 0.248 e. The van der Waals surface area contributed by atoms with Gasteiger partial charge in [-0.05, 0) is 98.1 Å². The number of amides is 1. The van der Waals surface area contributed by atoms with Crippen LogP contribution in [0.5, 0.6) is 0 Å². The minimum atomic E-state index is -0.0423. The van der Waals surface area contributed by atoms with E-state index >= 15 is 0 Å². The molecule has 2 heteroatoms. The average Bonchev–Trinajstić information content (AvgIpc) is 2.64. The van der Waals surface area contributed by atoms with Gasteiger partial charge in [-0.3, -0.25) is 4.79 Å². The van der Waals surface area contributed by atoms with Crippen molar-refractivity contribution in [3.63, 3.8) is 0 Å². The molecule has 0 aliphatic heterocycles. The van der Waals surface area contributed by atoms with E-state index in [1.54, 1.807) is 6.08 Å². The molecule has 0 fully saturated rings. The van der Waals surface area contributed by atoms with Crippen LogP contribution in [0.4, 0.5) is 5.69 Å². The number of aryl methyl sites for hydroxylation is 2. The fourth-order valence-corrected chi connectivity index (χ4v) is 3.35. The minimum Gasteiger partial charge on any atom is -0.322 e. The summed E-state index contributed by atoms with van der Waals surface area (Å²) < 4.78 is 0. The Kier molecular flexibility index (Phi) is 11.8. The Morgan fingerprint density at radius 1 is 0.767 bits per heavy atom. The molecule has 0 unspecified atom stereocenters. The number of hydrogen-bond donors (Lipinski definition) is 1. The highest BCUT2D eigenvalue weighted by atomic mass is 16.1. The molecule has 1 rings (SSSR count). The Labute approximate surface area is 184 Å². The molecule has 0 saturated carbocycles. The summed E-state index contributed by atoms with van der Waals surface area (Å²) in [6.07, 6.45) is 15.1. The third-order valence-electron chi connectivity index (χ3n) is 5.26. The number of para-hydroxylation sites is 1. The Balaban J connectivity index is 2.40. The van der Waals surface area contributed by atoms with Gasteiger partial charge in [0.1, 0.15) is 0 Å². The standard InChI is InChI=1S/C28H41NO/c1-21(2)12-8-13-22(3)14-9-15-23(4)16-10-17-24(5)20-27(30)29-28-25(6)18-11-19-26(28)7/h11-12,14,16,18-20H,8-10,13,15,17H2,1-7H3,(H,29,30). The second-order valence-electron chi connectivity index (χ2n) is 8.75. The van der Waals surface area contributed by atoms with E-state index in [-0.39, 0.29) is 5.91 Å². The van der Waals surface area contributed by atoms with Crippen molar-refractivity contribution in [2.75, 3.05) is 5.32 Å². The lowest BCUT2D eigenvalue weighted by Crippen LogP contribution is -2.11. The summed E-state index contributed by atoms with van der Waals surface area (Å²) in [4.78, 5) is 12.3. The van der Waals surface area contributed by atoms with Gasteiger partial charge >= 0.3 is 0 Å². The van der Waals surface area contributed by atoms with Gasteiger partial charge in [0.2, 0.25) is 5.91 Å². The number of anilines is 1. The quantitative estimate of drug-likeness (QED) is 0.289. The predicted octanol–water partition coefficient (Wildman–Crippen LogP) is 8.39. The van der Waals surface area contributed by atoms with Gasteiger partial charge in [-0.2, -0.15) is 0 Å². The van der Waals surface area contributed by atoms with E-state index < -0.39 is 0 Å². The lowest BCUT2D eigenvalue weighted by atomic mass is 10.0. The number of rotatable bonds is 11. The number of allylic oxidation sites excluding steroid dienone is 7. The molecule has 0 radical (unpaired) electrons. The smallest absolute Gasteiger partial charge is 0.248 e. The maximum absolute atomic E-state index is 12.3. The van der Waals surface area contributed by atoms with Crippen LogP contribution in [0.15, 0.2) is 64.8 Å². The fraction of sp³-hybridized carbons (Fsp3) is 0.464. The summed E-state index contributed by atoms with van der Waals surface area (Å²) in [5.74, 6) is -0.0423. The third kappa shape index (κ3) is 11.0. The minimum absolute atomic E-state index is 0.0423. The van der Waals surface area contributed by atoms with Crippen LogP contribution < -0.4 is 5.32 Å². The molecule has 0 spiro atoms. The monoisotopic (exact) mass is 407 g/mol. The summed E-state index contributed by atoms with van der Waals surface area (Å²) in [6, 6.07) is 6.05. The summed E-state index contributed by atoms with van der Waals surface area (Å²) in [7, 11) is 0. The van der Waals surface area contributed by atoms with E-state index in [1.807, 2.05) is 39.0 Å². The average molecular weight is 408 g/mol. The Morgan fingerprint density at radius 3 is 1.73 bits per heavy atom. The van der Waals surface area contributed by atoms with Crippen LogP contribution in [-0.4, -0.2) is 5.91 Å². The molecular formula is C28H41NO. The normalized spacial score (nSPS) is 12.7. The van der Waals surface area contributed by atoms with Gasteiger partial charge in [-0.15, -0.1) is 0 Å². The van der Waals surface area contributed by atoms with Crippen LogP contribution in [0.25, 0.3) is 0 Å². The van der Waals surface area contributed by atoms with Gasteiger partial charge in [0.15, 0.2) is 0 Å². The SMILES string of the molecule is CC(C)=CCCC(C)=CCCC(C)=CCCC(C)=CC(=O)Nc1c(C)cccc1C. The molecule has 0 aliphatic rings. The highest BCUT2D eigenvalue weighted by molar-refractivity contribution is 6.00. The Morgan fingerprint density at radius 2 is 1.23 bits per heavy atom. The van der Waals surface area contributed by atoms with Crippen LogP contribution in [0, 0.1) is 13.8 Å². The zero-order valence-electron chi connectivity index (χ0n) is 20.2.